The Morgan fingerprint density at radius 2 is 0.781 bits per heavy atom. The number of piperidine rings is 1. The number of nitrogens with one attached hydrogen (secondary N) is 6. The maximum atomic E-state index is 12.0. The fourth-order valence-corrected chi connectivity index (χ4v) is 16.6. The molecule has 0 bridgehead atoms. The molecule has 18 rings (SSSR count). The molecule has 128 heavy (non-hydrogen) atoms. The minimum atomic E-state index is -0.0270. The Balaban J connectivity index is 0.000000134. The summed E-state index contributed by atoms with van der Waals surface area (Å²) in [7, 11) is 3.32. The molecule has 1 aliphatic carbocycles. The molecule has 1 saturated carbocycles. The van der Waals surface area contributed by atoms with Crippen LogP contribution in [0, 0.1) is 5.92 Å². The van der Waals surface area contributed by atoms with Crippen molar-refractivity contribution in [2.75, 3.05) is 176 Å². The highest BCUT2D eigenvalue weighted by atomic mass is 16.2. The maximum absolute atomic E-state index is 12.0. The zero-order chi connectivity index (χ0) is 88.8. The van der Waals surface area contributed by atoms with Crippen LogP contribution < -0.4 is 61.3 Å². The number of carbonyl (C=O) groups excluding carboxylic acids is 4. The number of urea groups is 2. The van der Waals surface area contributed by atoms with E-state index in [0.29, 0.717) is 62.6 Å². The van der Waals surface area contributed by atoms with Crippen molar-refractivity contribution in [3.05, 3.63) is 208 Å². The Hall–Kier alpha value is -14.5. The van der Waals surface area contributed by atoms with Crippen LogP contribution in [0.4, 0.5) is 90.8 Å². The Morgan fingerprint density at radius 1 is 0.375 bits per heavy atom. The van der Waals surface area contributed by atoms with Crippen molar-refractivity contribution in [2.24, 2.45) is 5.92 Å². The second-order valence-corrected chi connectivity index (χ2v) is 32.7. The van der Waals surface area contributed by atoms with Gasteiger partial charge in [-0.25, -0.2) is 48.3 Å². The Bertz CT molecular complexity index is 5560. The molecular weight excluding hydrogens is 1620 g/mol. The molecule has 6 aliphatic rings. The van der Waals surface area contributed by atoms with Gasteiger partial charge in [-0.05, 0) is 169 Å². The minimum absolute atomic E-state index is 0.0259. The van der Waals surface area contributed by atoms with Gasteiger partial charge in [0.1, 0.15) is 48.6 Å². The second-order valence-electron chi connectivity index (χ2n) is 32.7. The number of pyridine rings is 4. The lowest BCUT2D eigenvalue weighted by Crippen LogP contribution is -2.58. The van der Waals surface area contributed by atoms with Crippen molar-refractivity contribution >= 4 is 105 Å². The van der Waals surface area contributed by atoms with Crippen molar-refractivity contribution < 1.29 is 19.2 Å². The fourth-order valence-electron chi connectivity index (χ4n) is 16.6. The highest BCUT2D eigenvalue weighted by Crippen LogP contribution is 2.33. The van der Waals surface area contributed by atoms with Gasteiger partial charge >= 0.3 is 12.1 Å². The molecule has 36 nitrogen and oxygen atoms in total. The van der Waals surface area contributed by atoms with Gasteiger partial charge in [-0.2, -0.15) is 19.9 Å². The Morgan fingerprint density at radius 3 is 1.20 bits per heavy atom. The molecule has 5 saturated heterocycles. The van der Waals surface area contributed by atoms with Gasteiger partial charge in [0.25, 0.3) is 0 Å². The number of carbonyl (C=O) groups is 4. The highest BCUT2D eigenvalue weighted by Gasteiger charge is 2.33. The minimum Gasteiger partial charge on any atom is -0.368 e. The summed E-state index contributed by atoms with van der Waals surface area (Å²) in [6.45, 7) is 25.6. The van der Waals surface area contributed by atoms with E-state index in [9.17, 15) is 19.2 Å². The smallest absolute Gasteiger partial charge is 0.317 e. The summed E-state index contributed by atoms with van der Waals surface area (Å²) >= 11 is 0. The molecule has 0 spiro atoms. The number of aromatic nitrogens is 16. The summed E-state index contributed by atoms with van der Waals surface area (Å²) < 4.78 is 7.03. The third kappa shape index (κ3) is 23.4. The maximum Gasteiger partial charge on any atom is 0.317 e. The molecule has 1 unspecified atom stereocenters. The van der Waals surface area contributed by atoms with Crippen LogP contribution in [-0.2, 0) is 9.59 Å². The molecule has 3 atom stereocenters. The van der Waals surface area contributed by atoms with Gasteiger partial charge in [-0.15, -0.1) is 20.4 Å². The SMILES string of the molecule is CC1CCCCN1c1cc(-n2cnc(Nc3ccccc3)n2)ccn1.CCCN(CC1CC1)c1cc(-n2cnc(Nc3ccccc3)n2)ccn1.CNC(=O)N1CCN(c2ccc(Nc3ncn(-c4ccnc(N5CCCN(C(C)=O)CC5)c4)n3)cc2)CC1.CNC(=O)N1CCN(c2ccc(Nc3ncn(-c4ccnc(N5C[C@@H](C)N(C(C)=O)[C@@H](C)C5)c4)n3)cc2)CC1. The normalized spacial score (nSPS) is 17.0. The molecule has 4 aromatic carbocycles. The van der Waals surface area contributed by atoms with Crippen LogP contribution >= 0.6 is 0 Å². The van der Waals surface area contributed by atoms with Crippen molar-refractivity contribution in [1.29, 1.82) is 0 Å². The second kappa shape index (κ2) is 42.5. The molecule has 6 amide bonds. The summed E-state index contributed by atoms with van der Waals surface area (Å²) in [6.07, 6.45) is 22.5. The van der Waals surface area contributed by atoms with Gasteiger partial charge in [0.2, 0.25) is 35.6 Å². The largest absolute Gasteiger partial charge is 0.368 e. The number of hydrogen-bond donors (Lipinski definition) is 6. The Labute approximate surface area is 746 Å². The number of rotatable bonds is 22. The third-order valence-electron chi connectivity index (χ3n) is 23.5. The van der Waals surface area contributed by atoms with Crippen LogP contribution in [0.1, 0.15) is 86.5 Å². The first-order valence-corrected chi connectivity index (χ1v) is 44.3. The van der Waals surface area contributed by atoms with E-state index in [1.165, 1.54) is 32.1 Å². The lowest BCUT2D eigenvalue weighted by molar-refractivity contribution is -0.133. The van der Waals surface area contributed by atoms with Crippen molar-refractivity contribution in [3.8, 4) is 22.7 Å². The summed E-state index contributed by atoms with van der Waals surface area (Å²) in [4.78, 5) is 105. The van der Waals surface area contributed by atoms with E-state index < -0.39 is 0 Å². The number of anilines is 14. The first kappa shape index (κ1) is 88.4. The first-order valence-electron chi connectivity index (χ1n) is 44.3. The predicted molar refractivity (Wildman–Crippen MR) is 501 cm³/mol. The van der Waals surface area contributed by atoms with Crippen LogP contribution in [0.5, 0.6) is 0 Å². The zero-order valence-electron chi connectivity index (χ0n) is 74.2. The summed E-state index contributed by atoms with van der Waals surface area (Å²) in [5.74, 6) is 6.97. The lowest BCUT2D eigenvalue weighted by atomic mass is 10.0. The standard InChI is InChI=1S/C27H36N10O2.C26H34N10O2.C20H24N6.C19H22N6/c1-19-16-35(17-20(2)37(19)21(3)38)25-15-24(9-10-29-25)36-18-30-26(32-36)31-22-5-7-23(8-6-22)33-11-13-34(14-12-33)27(39)28-4;1-20(37)32-10-3-11-34(15-12-32)24-18-23(8-9-28-24)36-19-29-25(31-36)30-21-4-6-22(7-5-21)33-13-16-35(17-14-33)26(38)27-2;1-2-12-25(14-16-8-9-16)19-13-18(10-11-21-19)26-15-22-20(24-26)23-17-6-4-3-5-7-17;1-15-7-5-6-12-24(15)18-13-17(10-11-20-18)25-14-21-19(23-25)22-16-8-3-2-4-9-16/h5-10,15,18-20H,11-14,16-17H2,1-4H3,(H,28,39)(H,31,32);4-9,18-19H,3,10-17H2,1-2H3,(H,27,38)(H,30,31);3-7,10-11,13,15-16H,2,8-9,12,14H2,1H3,(H,23,24);2-4,8-11,13-15H,5-7,12H2,1H3,(H,22,23)/t19-,20+;;;. The quantitative estimate of drug-likeness (QED) is 0.0367. The number of benzene rings is 4. The lowest BCUT2D eigenvalue weighted by Gasteiger charge is -2.44. The van der Waals surface area contributed by atoms with Crippen molar-refractivity contribution in [3.63, 3.8) is 0 Å². The summed E-state index contributed by atoms with van der Waals surface area (Å²) in [5, 5.41) is 36.6. The van der Waals surface area contributed by atoms with Gasteiger partial charge in [0, 0.05) is 241 Å². The molecule has 668 valence electrons. The van der Waals surface area contributed by atoms with E-state index in [1.54, 1.807) is 84.4 Å². The topological polar surface area (TPSA) is 347 Å². The van der Waals surface area contributed by atoms with Crippen LogP contribution in [0.15, 0.2) is 208 Å². The summed E-state index contributed by atoms with van der Waals surface area (Å²) in [5.41, 5.74) is 9.64. The van der Waals surface area contributed by atoms with E-state index in [1.807, 2.05) is 153 Å². The van der Waals surface area contributed by atoms with Crippen LogP contribution in [0.3, 0.4) is 0 Å². The number of hydrogen-bond acceptors (Lipinski definition) is 26. The molecule has 0 radical (unpaired) electrons. The van der Waals surface area contributed by atoms with Crippen molar-refractivity contribution in [2.45, 2.75) is 105 Å². The molecule has 8 aromatic heterocycles. The van der Waals surface area contributed by atoms with Gasteiger partial charge in [-0.3, -0.25) is 9.59 Å². The predicted octanol–water partition coefficient (Wildman–Crippen LogP) is 12.1. The third-order valence-corrected chi connectivity index (χ3v) is 23.5. The fraction of sp³-hybridized carbons (Fsp3) is 0.391. The van der Waals surface area contributed by atoms with E-state index in [4.69, 9.17) is 0 Å². The molecule has 5 aliphatic heterocycles. The van der Waals surface area contributed by atoms with E-state index in [0.717, 1.165) is 177 Å². The molecule has 6 N–H and O–H groups in total. The van der Waals surface area contributed by atoms with Gasteiger partial charge in [0.15, 0.2) is 0 Å². The molecular formula is C92H116N32O4. The van der Waals surface area contributed by atoms with E-state index in [-0.39, 0.29) is 36.0 Å². The molecule has 6 fully saturated rings. The average molecular weight is 1730 g/mol. The van der Waals surface area contributed by atoms with Gasteiger partial charge < -0.3 is 80.9 Å². The highest BCUT2D eigenvalue weighted by molar-refractivity contribution is 5.76. The summed E-state index contributed by atoms with van der Waals surface area (Å²) in [6, 6.07) is 52.8. The number of amides is 6. The van der Waals surface area contributed by atoms with Gasteiger partial charge in [-0.1, -0.05) is 43.3 Å². The molecule has 36 heteroatoms. The van der Waals surface area contributed by atoms with Gasteiger partial charge in [0.05, 0.1) is 22.7 Å². The van der Waals surface area contributed by atoms with E-state index in [2.05, 4.69) is 186 Å². The number of piperazine rings is 3. The van der Waals surface area contributed by atoms with Crippen LogP contribution in [-0.4, -0.2) is 266 Å². The average Bonchev–Trinajstić information content (AvgIpc) is 1.87. The Kier molecular flexibility index (Phi) is 29.3. The number of para-hydroxylation sites is 2. The monoisotopic (exact) mass is 1730 g/mol. The first-order chi connectivity index (χ1) is 62.4. The molecule has 13 heterocycles. The van der Waals surface area contributed by atoms with Crippen LogP contribution in [0.25, 0.3) is 22.7 Å². The van der Waals surface area contributed by atoms with Crippen LogP contribution in [0.2, 0.25) is 0 Å². The number of nitrogens with zero attached hydrogens (tertiary/aromatic N) is 26. The van der Waals surface area contributed by atoms with E-state index >= 15 is 0 Å². The van der Waals surface area contributed by atoms with Crippen molar-refractivity contribution in [1.82, 2.24) is 109 Å². The zero-order valence-corrected chi connectivity index (χ0v) is 74.2. The molecule has 12 aromatic rings.